The van der Waals surface area contributed by atoms with Crippen molar-refractivity contribution in [1.29, 1.82) is 0 Å². The summed E-state index contributed by atoms with van der Waals surface area (Å²) in [6.07, 6.45) is -22.3. The van der Waals surface area contributed by atoms with Crippen molar-refractivity contribution < 1.29 is 79.9 Å². The van der Waals surface area contributed by atoms with Gasteiger partial charge >= 0.3 is 0 Å². The maximum Gasteiger partial charge on any atom is 0.224 e. The van der Waals surface area contributed by atoms with E-state index in [0.717, 1.165) is 0 Å². The summed E-state index contributed by atoms with van der Waals surface area (Å²) in [6, 6.07) is 0. The third-order valence-electron chi connectivity index (χ3n) is 6.17. The Morgan fingerprint density at radius 1 is 0.571 bits per heavy atom. The van der Waals surface area contributed by atoms with E-state index >= 15 is 0 Å². The highest BCUT2D eigenvalue weighted by atomic mass is 16.8. The quantitative estimate of drug-likeness (QED) is 0.142. The summed E-state index contributed by atoms with van der Waals surface area (Å²) in [5.74, 6) is -2.43. The number of ether oxygens (including phenoxy) is 5. The Labute approximate surface area is 200 Å². The molecule has 0 aromatic carbocycles. The number of hydrogen-bond acceptors (Lipinski definition) is 16. The van der Waals surface area contributed by atoms with Crippen LogP contribution >= 0.6 is 0 Å². The minimum atomic E-state index is -2.43. The highest BCUT2D eigenvalue weighted by Gasteiger charge is 2.61. The molecule has 3 rings (SSSR count). The number of hydrogen-bond donors (Lipinski definition) is 11. The Hall–Kier alpha value is -0.640. The van der Waals surface area contributed by atoms with Gasteiger partial charge in [-0.05, 0) is 0 Å². The molecule has 14 atom stereocenters. The lowest BCUT2D eigenvalue weighted by Crippen LogP contribution is -2.64. The van der Waals surface area contributed by atoms with Gasteiger partial charge < -0.3 is 79.9 Å². The normalized spacial score (nSPS) is 50.7. The molecular formula is C19H36O16. The summed E-state index contributed by atoms with van der Waals surface area (Å²) in [6.45, 7) is -3.49. The van der Waals surface area contributed by atoms with Crippen LogP contribution in [-0.4, -0.2) is 168 Å². The third kappa shape index (κ3) is 5.63. The molecule has 3 heterocycles. The van der Waals surface area contributed by atoms with Gasteiger partial charge in [-0.1, -0.05) is 7.43 Å². The maximum absolute atomic E-state index is 10.6. The van der Waals surface area contributed by atoms with E-state index in [1.54, 1.807) is 0 Å². The molecule has 0 aliphatic carbocycles. The van der Waals surface area contributed by atoms with Crippen molar-refractivity contribution >= 4 is 0 Å². The molecule has 208 valence electrons. The summed E-state index contributed by atoms with van der Waals surface area (Å²) >= 11 is 0. The van der Waals surface area contributed by atoms with Crippen LogP contribution in [-0.2, 0) is 23.7 Å². The molecule has 35 heavy (non-hydrogen) atoms. The fourth-order valence-corrected chi connectivity index (χ4v) is 4.12. The first-order valence-corrected chi connectivity index (χ1v) is 10.6. The van der Waals surface area contributed by atoms with E-state index in [2.05, 4.69) is 0 Å². The van der Waals surface area contributed by atoms with E-state index in [0.29, 0.717) is 0 Å². The summed E-state index contributed by atoms with van der Waals surface area (Å²) in [7, 11) is 0. The molecule has 3 saturated heterocycles. The average molecular weight is 520 g/mol. The number of aliphatic hydroxyl groups is 11. The van der Waals surface area contributed by atoms with Gasteiger partial charge in [0.2, 0.25) is 5.79 Å². The van der Waals surface area contributed by atoms with Gasteiger partial charge in [-0.25, -0.2) is 0 Å². The molecule has 0 amide bonds. The molecular weight excluding hydrogens is 484 g/mol. The molecule has 0 radical (unpaired) electrons. The van der Waals surface area contributed by atoms with Crippen LogP contribution in [0, 0.1) is 0 Å². The van der Waals surface area contributed by atoms with Crippen molar-refractivity contribution in [2.24, 2.45) is 0 Å². The van der Waals surface area contributed by atoms with E-state index in [9.17, 15) is 56.2 Å². The first kappa shape index (κ1) is 30.6. The summed E-state index contributed by atoms with van der Waals surface area (Å²) in [4.78, 5) is 0. The third-order valence-corrected chi connectivity index (χ3v) is 6.17. The van der Waals surface area contributed by atoms with Crippen molar-refractivity contribution in [1.82, 2.24) is 0 Å². The second-order valence-corrected chi connectivity index (χ2v) is 8.37. The van der Waals surface area contributed by atoms with Crippen LogP contribution in [0.1, 0.15) is 7.43 Å². The summed E-state index contributed by atoms with van der Waals surface area (Å²) < 4.78 is 27.0. The second kappa shape index (κ2) is 12.3. The standard InChI is InChI=1S/C18H32O16.CH4/c19-1-5-8(23)11(26)13(28)16(30-5)32-15-10(25)7(3-21)33-18(15,4-22)34-17-14(29)12(27)9(24)6(2-20)31-17;/h5-17,19-29H,1-4H2;1H4. The molecule has 16 nitrogen and oxygen atoms in total. The highest BCUT2D eigenvalue weighted by Crippen LogP contribution is 2.39. The van der Waals surface area contributed by atoms with Crippen LogP contribution in [0.2, 0.25) is 0 Å². The Kier molecular flexibility index (Phi) is 10.7. The predicted molar refractivity (Wildman–Crippen MR) is 108 cm³/mol. The molecule has 3 fully saturated rings. The first-order chi connectivity index (χ1) is 16.0. The number of aliphatic hydroxyl groups excluding tert-OH is 11. The lowest BCUT2D eigenvalue weighted by Gasteiger charge is -2.45. The van der Waals surface area contributed by atoms with Gasteiger partial charge in [-0.2, -0.15) is 0 Å². The molecule has 3 aliphatic rings. The second-order valence-electron chi connectivity index (χ2n) is 8.37. The zero-order valence-electron chi connectivity index (χ0n) is 17.8. The zero-order valence-corrected chi connectivity index (χ0v) is 17.8. The summed E-state index contributed by atoms with van der Waals surface area (Å²) in [5.41, 5.74) is 0. The van der Waals surface area contributed by atoms with E-state index in [1.165, 1.54) is 0 Å². The molecule has 0 spiro atoms. The summed E-state index contributed by atoms with van der Waals surface area (Å²) in [5, 5.41) is 109. The Bertz CT molecular complexity index is 652. The van der Waals surface area contributed by atoms with Crippen LogP contribution in [0.25, 0.3) is 0 Å². The fraction of sp³-hybridized carbons (Fsp3) is 1.00. The lowest BCUT2D eigenvalue weighted by molar-refractivity contribution is -0.400. The van der Waals surface area contributed by atoms with Gasteiger partial charge in [-0.3, -0.25) is 0 Å². The first-order valence-electron chi connectivity index (χ1n) is 10.6. The van der Waals surface area contributed by atoms with E-state index < -0.39 is 112 Å². The smallest absolute Gasteiger partial charge is 0.224 e. The lowest BCUT2D eigenvalue weighted by atomic mass is 9.98. The van der Waals surface area contributed by atoms with Crippen LogP contribution in [0.3, 0.4) is 0 Å². The molecule has 0 aromatic rings. The van der Waals surface area contributed by atoms with Gasteiger partial charge in [0.15, 0.2) is 12.6 Å². The van der Waals surface area contributed by atoms with Crippen LogP contribution in [0.4, 0.5) is 0 Å². The molecule has 16 heteroatoms. The maximum atomic E-state index is 10.6. The van der Waals surface area contributed by atoms with Gasteiger partial charge in [0.25, 0.3) is 0 Å². The molecule has 0 saturated carbocycles. The average Bonchev–Trinajstić information content (AvgIpc) is 3.10. The predicted octanol–water partition coefficient (Wildman–Crippen LogP) is -6.94. The topological polar surface area (TPSA) is 269 Å². The fourth-order valence-electron chi connectivity index (χ4n) is 4.12. The van der Waals surface area contributed by atoms with Gasteiger partial charge in [0, 0.05) is 0 Å². The monoisotopic (exact) mass is 520 g/mol. The van der Waals surface area contributed by atoms with Crippen molar-refractivity contribution in [2.45, 2.75) is 92.9 Å². The van der Waals surface area contributed by atoms with Crippen molar-refractivity contribution in [3.8, 4) is 0 Å². The van der Waals surface area contributed by atoms with Crippen LogP contribution in [0.15, 0.2) is 0 Å². The van der Waals surface area contributed by atoms with Gasteiger partial charge in [0.05, 0.1) is 19.8 Å². The molecule has 11 N–H and O–H groups in total. The largest absolute Gasteiger partial charge is 0.394 e. The molecule has 0 bridgehead atoms. The molecule has 3 aliphatic heterocycles. The van der Waals surface area contributed by atoms with E-state index in [1.807, 2.05) is 0 Å². The minimum absolute atomic E-state index is 0. The van der Waals surface area contributed by atoms with E-state index in [4.69, 9.17) is 23.7 Å². The van der Waals surface area contributed by atoms with Gasteiger partial charge in [-0.15, -0.1) is 0 Å². The van der Waals surface area contributed by atoms with E-state index in [-0.39, 0.29) is 7.43 Å². The van der Waals surface area contributed by atoms with Crippen molar-refractivity contribution in [2.75, 3.05) is 26.4 Å². The molecule has 14 unspecified atom stereocenters. The number of rotatable bonds is 8. The highest BCUT2D eigenvalue weighted by molar-refractivity contribution is 5.01. The van der Waals surface area contributed by atoms with Crippen LogP contribution < -0.4 is 0 Å². The van der Waals surface area contributed by atoms with Crippen molar-refractivity contribution in [3.05, 3.63) is 0 Å². The minimum Gasteiger partial charge on any atom is -0.394 e. The Balaban J connectivity index is 0.00000432. The zero-order chi connectivity index (χ0) is 25.4. The van der Waals surface area contributed by atoms with Crippen molar-refractivity contribution in [3.63, 3.8) is 0 Å². The Morgan fingerprint density at radius 2 is 1.03 bits per heavy atom. The molecule has 0 aromatic heterocycles. The van der Waals surface area contributed by atoms with Gasteiger partial charge in [0.1, 0.15) is 73.8 Å². The van der Waals surface area contributed by atoms with Crippen LogP contribution in [0.5, 0.6) is 0 Å². The SMILES string of the molecule is C.OCC1OC(OC2C(O)C(CO)OC2(CO)OC2OC(CO)C(O)C(O)C2O)C(O)C(O)C1O. The Morgan fingerprint density at radius 3 is 1.49 bits per heavy atom.